The molecule has 5 heteroatoms. The lowest BCUT2D eigenvalue weighted by Gasteiger charge is -2.17. The first-order chi connectivity index (χ1) is 10.7. The van der Waals surface area contributed by atoms with Crippen molar-refractivity contribution in [2.75, 3.05) is 0 Å². The summed E-state index contributed by atoms with van der Waals surface area (Å²) in [6.45, 7) is 10.5. The van der Waals surface area contributed by atoms with Crippen LogP contribution >= 0.6 is 0 Å². The zero-order chi connectivity index (χ0) is 17.6. The van der Waals surface area contributed by atoms with Crippen molar-refractivity contribution in [3.8, 4) is 11.3 Å². The van der Waals surface area contributed by atoms with E-state index in [-0.39, 0.29) is 11.3 Å². The number of hydrogen-bond acceptors (Lipinski definition) is 3. The Balaban J connectivity index is 0.000000379. The van der Waals surface area contributed by atoms with Crippen LogP contribution in [-0.2, 0) is 12.5 Å². The van der Waals surface area contributed by atoms with Crippen LogP contribution in [0.5, 0.6) is 0 Å². The molecular weight excluding hydrogens is 288 g/mol. The Morgan fingerprint density at radius 1 is 1.26 bits per heavy atom. The molecule has 1 heterocycles. The van der Waals surface area contributed by atoms with E-state index >= 15 is 0 Å². The van der Waals surface area contributed by atoms with Crippen LogP contribution in [0.2, 0.25) is 0 Å². The van der Waals surface area contributed by atoms with Crippen LogP contribution in [0.3, 0.4) is 0 Å². The molecule has 0 aliphatic carbocycles. The van der Waals surface area contributed by atoms with E-state index in [1.165, 1.54) is 11.1 Å². The van der Waals surface area contributed by atoms with Crippen molar-refractivity contribution >= 4 is 5.84 Å². The zero-order valence-corrected chi connectivity index (χ0v) is 15.0. The van der Waals surface area contributed by atoms with E-state index in [0.29, 0.717) is 6.42 Å². The predicted molar refractivity (Wildman–Crippen MR) is 95.8 cm³/mol. The van der Waals surface area contributed by atoms with Gasteiger partial charge in [-0.25, -0.2) is 4.98 Å². The summed E-state index contributed by atoms with van der Waals surface area (Å²) in [7, 11) is 2.06. The van der Waals surface area contributed by atoms with Crippen molar-refractivity contribution in [2.45, 2.75) is 46.5 Å². The van der Waals surface area contributed by atoms with E-state index < -0.39 is 0 Å². The van der Waals surface area contributed by atoms with Gasteiger partial charge in [-0.15, -0.1) is 0 Å². The van der Waals surface area contributed by atoms with Gasteiger partial charge in [0.1, 0.15) is 11.7 Å². The normalized spacial score (nSPS) is 11.8. The first kappa shape index (κ1) is 18.7. The second kappa shape index (κ2) is 7.81. The molecule has 0 spiro atoms. The highest BCUT2D eigenvalue weighted by Gasteiger charge is 2.20. The predicted octanol–water partition coefficient (Wildman–Crippen LogP) is 3.84. The molecule has 3 N–H and O–H groups in total. The largest absolute Gasteiger partial charge is 0.409 e. The van der Waals surface area contributed by atoms with Crippen LogP contribution in [0.4, 0.5) is 0 Å². The van der Waals surface area contributed by atoms with Crippen molar-refractivity contribution in [2.24, 2.45) is 17.9 Å². The average molecular weight is 316 g/mol. The van der Waals surface area contributed by atoms with Gasteiger partial charge in [-0.2, -0.15) is 0 Å². The fourth-order valence-corrected chi connectivity index (χ4v) is 2.10. The van der Waals surface area contributed by atoms with Crippen LogP contribution in [0.1, 0.15) is 45.5 Å². The number of oxime groups is 1. The molecular formula is C18H28N4O. The van der Waals surface area contributed by atoms with Crippen LogP contribution < -0.4 is 5.73 Å². The van der Waals surface area contributed by atoms with Crippen molar-refractivity contribution in [1.82, 2.24) is 9.55 Å². The summed E-state index contributed by atoms with van der Waals surface area (Å²) >= 11 is 0. The molecule has 0 saturated heterocycles. The molecule has 0 amide bonds. The maximum absolute atomic E-state index is 7.80. The number of aryl methyl sites for hydroxylation is 2. The van der Waals surface area contributed by atoms with Crippen LogP contribution in [0, 0.1) is 6.92 Å². The second-order valence-corrected chi connectivity index (χ2v) is 6.62. The molecule has 2 rings (SSSR count). The van der Waals surface area contributed by atoms with Gasteiger partial charge >= 0.3 is 0 Å². The quantitative estimate of drug-likeness (QED) is 0.382. The Labute approximate surface area is 138 Å². The molecule has 1 aromatic heterocycles. The topological polar surface area (TPSA) is 76.4 Å². The number of rotatable bonds is 2. The summed E-state index contributed by atoms with van der Waals surface area (Å²) in [5, 5.41) is 10.5. The van der Waals surface area contributed by atoms with Gasteiger partial charge in [0.2, 0.25) is 0 Å². The lowest BCUT2D eigenvalue weighted by Crippen LogP contribution is -2.17. The Morgan fingerprint density at radius 2 is 1.83 bits per heavy atom. The molecule has 0 bridgehead atoms. The van der Waals surface area contributed by atoms with Gasteiger partial charge in [0.25, 0.3) is 0 Å². The molecule has 2 aromatic rings. The summed E-state index contributed by atoms with van der Waals surface area (Å²) in [4.78, 5) is 4.74. The SMILES string of the molecule is CC/C(N)=N/O.Cc1ccc(-c2cn(C)c(C(C)(C)C)n2)cc1. The number of amidine groups is 1. The number of aromatic nitrogens is 2. The monoisotopic (exact) mass is 316 g/mol. The smallest absolute Gasteiger partial charge is 0.138 e. The van der Waals surface area contributed by atoms with Crippen LogP contribution in [0.15, 0.2) is 35.6 Å². The first-order valence-electron chi connectivity index (χ1n) is 7.76. The van der Waals surface area contributed by atoms with E-state index in [9.17, 15) is 0 Å². The third-order valence-corrected chi connectivity index (χ3v) is 3.39. The van der Waals surface area contributed by atoms with Gasteiger partial charge < -0.3 is 15.5 Å². The molecule has 23 heavy (non-hydrogen) atoms. The van der Waals surface area contributed by atoms with Crippen molar-refractivity contribution in [3.05, 3.63) is 41.9 Å². The van der Waals surface area contributed by atoms with Gasteiger partial charge in [-0.3, -0.25) is 0 Å². The molecule has 0 fully saturated rings. The van der Waals surface area contributed by atoms with E-state index in [2.05, 4.69) is 74.9 Å². The summed E-state index contributed by atoms with van der Waals surface area (Å²) < 4.78 is 2.12. The highest BCUT2D eigenvalue weighted by Crippen LogP contribution is 2.25. The number of imidazole rings is 1. The number of benzene rings is 1. The molecule has 0 atom stereocenters. The van der Waals surface area contributed by atoms with Gasteiger partial charge in [0, 0.05) is 30.6 Å². The van der Waals surface area contributed by atoms with Gasteiger partial charge in [-0.1, -0.05) is 62.7 Å². The highest BCUT2D eigenvalue weighted by atomic mass is 16.4. The van der Waals surface area contributed by atoms with Crippen molar-refractivity contribution in [3.63, 3.8) is 0 Å². The van der Waals surface area contributed by atoms with Gasteiger partial charge in [0.15, 0.2) is 0 Å². The zero-order valence-electron chi connectivity index (χ0n) is 15.0. The average Bonchev–Trinajstić information content (AvgIpc) is 2.90. The lowest BCUT2D eigenvalue weighted by molar-refractivity contribution is 0.317. The van der Waals surface area contributed by atoms with Crippen molar-refractivity contribution < 1.29 is 5.21 Å². The highest BCUT2D eigenvalue weighted by molar-refractivity contribution is 5.79. The number of nitrogens with zero attached hydrogens (tertiary/aromatic N) is 3. The number of nitrogens with two attached hydrogens (primary N) is 1. The van der Waals surface area contributed by atoms with E-state index in [0.717, 1.165) is 11.5 Å². The summed E-state index contributed by atoms with van der Waals surface area (Å²) in [5.74, 6) is 1.39. The molecule has 1 aromatic carbocycles. The molecule has 0 unspecified atom stereocenters. The third-order valence-electron chi connectivity index (χ3n) is 3.39. The molecule has 0 aliphatic rings. The minimum Gasteiger partial charge on any atom is -0.409 e. The maximum atomic E-state index is 7.80. The minimum absolute atomic E-state index is 0.0810. The van der Waals surface area contributed by atoms with Crippen LogP contribution in [0.25, 0.3) is 11.3 Å². The number of hydrogen-bond donors (Lipinski definition) is 2. The Hall–Kier alpha value is -2.30. The van der Waals surface area contributed by atoms with Crippen molar-refractivity contribution in [1.29, 1.82) is 0 Å². The van der Waals surface area contributed by atoms with Gasteiger partial charge in [-0.05, 0) is 6.92 Å². The summed E-state index contributed by atoms with van der Waals surface area (Å²) in [6, 6.07) is 8.51. The Kier molecular flexibility index (Phi) is 6.37. The molecule has 5 nitrogen and oxygen atoms in total. The summed E-state index contributed by atoms with van der Waals surface area (Å²) in [5.41, 5.74) is 8.57. The lowest BCUT2D eigenvalue weighted by atomic mass is 9.96. The third kappa shape index (κ3) is 5.43. The van der Waals surface area contributed by atoms with Crippen LogP contribution in [-0.4, -0.2) is 20.6 Å². The molecule has 0 aliphatic heterocycles. The fourth-order valence-electron chi connectivity index (χ4n) is 2.10. The Morgan fingerprint density at radius 3 is 2.17 bits per heavy atom. The molecule has 126 valence electrons. The van der Waals surface area contributed by atoms with E-state index in [1.807, 2.05) is 6.92 Å². The standard InChI is InChI=1S/C15H20N2.C3H8N2O/c1-11-6-8-12(9-7-11)13-10-17(5)14(16-13)15(2,3)4;1-2-3(4)5-6/h6-10H,1-5H3;6H,2H2,1H3,(H2,4,5). The minimum atomic E-state index is 0.0810. The Bertz CT molecular complexity index is 649. The van der Waals surface area contributed by atoms with E-state index in [4.69, 9.17) is 15.9 Å². The molecule has 0 radical (unpaired) electrons. The summed E-state index contributed by atoms with van der Waals surface area (Å²) in [6.07, 6.45) is 2.71. The fraction of sp³-hybridized carbons (Fsp3) is 0.444. The van der Waals surface area contributed by atoms with Gasteiger partial charge in [0.05, 0.1) is 5.69 Å². The maximum Gasteiger partial charge on any atom is 0.138 e. The first-order valence-corrected chi connectivity index (χ1v) is 7.76. The molecule has 0 saturated carbocycles. The second-order valence-electron chi connectivity index (χ2n) is 6.62. The van der Waals surface area contributed by atoms with E-state index in [1.54, 1.807) is 0 Å².